The van der Waals surface area contributed by atoms with Crippen LogP contribution in [0.2, 0.25) is 0 Å². The van der Waals surface area contributed by atoms with Crippen LogP contribution in [0, 0.1) is 5.92 Å². The second-order valence-corrected chi connectivity index (χ2v) is 3.33. The van der Waals surface area contributed by atoms with Crippen molar-refractivity contribution in [1.82, 2.24) is 0 Å². The zero-order valence-corrected chi connectivity index (χ0v) is 8.30. The smallest absolute Gasteiger partial charge is 0.0849 e. The van der Waals surface area contributed by atoms with Crippen molar-refractivity contribution in [2.75, 3.05) is 6.61 Å². The van der Waals surface area contributed by atoms with Crippen LogP contribution in [0.3, 0.4) is 0 Å². The maximum absolute atomic E-state index is 9.88. The molecule has 0 aliphatic carbocycles. The summed E-state index contributed by atoms with van der Waals surface area (Å²) in [6.45, 7) is 1.94. The Bertz CT molecular complexity index is 280. The lowest BCUT2D eigenvalue weighted by atomic mass is 9.97. The highest BCUT2D eigenvalue weighted by Gasteiger charge is 2.12. The standard InChI is InChI=1S/C12H16O2/c1-10(6-5-9-13)12(14)11-7-3-2-4-8-11/h2-8,10,12-14H,9H2,1H3/b6-5-/t10-,12-/m0/s1. The molecule has 1 aromatic rings. The average Bonchev–Trinajstić information content (AvgIpc) is 2.26. The molecule has 2 nitrogen and oxygen atoms in total. The molecule has 2 atom stereocenters. The van der Waals surface area contributed by atoms with E-state index in [9.17, 15) is 5.11 Å². The first-order valence-electron chi connectivity index (χ1n) is 4.76. The molecule has 0 bridgehead atoms. The number of benzene rings is 1. The quantitative estimate of drug-likeness (QED) is 0.715. The van der Waals surface area contributed by atoms with Crippen LogP contribution in [-0.2, 0) is 0 Å². The van der Waals surface area contributed by atoms with Crippen molar-refractivity contribution < 1.29 is 10.2 Å². The van der Waals surface area contributed by atoms with Crippen molar-refractivity contribution in [2.24, 2.45) is 5.92 Å². The predicted molar refractivity (Wildman–Crippen MR) is 56.8 cm³/mol. The molecule has 0 aliphatic heterocycles. The third-order valence-corrected chi connectivity index (χ3v) is 2.18. The fraction of sp³-hybridized carbons (Fsp3) is 0.333. The molecule has 0 aliphatic rings. The maximum atomic E-state index is 9.88. The van der Waals surface area contributed by atoms with Crippen molar-refractivity contribution in [3.8, 4) is 0 Å². The van der Waals surface area contributed by atoms with E-state index in [1.54, 1.807) is 6.08 Å². The largest absolute Gasteiger partial charge is 0.392 e. The lowest BCUT2D eigenvalue weighted by molar-refractivity contribution is 0.139. The van der Waals surface area contributed by atoms with Crippen LogP contribution in [0.5, 0.6) is 0 Å². The van der Waals surface area contributed by atoms with Crippen LogP contribution in [0.25, 0.3) is 0 Å². The van der Waals surface area contributed by atoms with Crippen molar-refractivity contribution in [2.45, 2.75) is 13.0 Å². The maximum Gasteiger partial charge on any atom is 0.0849 e. The molecule has 1 aromatic carbocycles. The SMILES string of the molecule is C[C@@H](/C=C\CO)[C@H](O)c1ccccc1. The van der Waals surface area contributed by atoms with E-state index in [1.165, 1.54) is 0 Å². The summed E-state index contributed by atoms with van der Waals surface area (Å²) in [6.07, 6.45) is 2.97. The zero-order chi connectivity index (χ0) is 10.4. The van der Waals surface area contributed by atoms with Gasteiger partial charge in [0.05, 0.1) is 12.7 Å². The molecule has 2 heteroatoms. The van der Waals surface area contributed by atoms with Gasteiger partial charge in [-0.2, -0.15) is 0 Å². The molecule has 2 N–H and O–H groups in total. The topological polar surface area (TPSA) is 40.5 Å². The monoisotopic (exact) mass is 192 g/mol. The molecule has 0 fully saturated rings. The molecular weight excluding hydrogens is 176 g/mol. The first-order chi connectivity index (χ1) is 6.75. The minimum atomic E-state index is -0.501. The Hall–Kier alpha value is -1.12. The Morgan fingerprint density at radius 3 is 2.50 bits per heavy atom. The van der Waals surface area contributed by atoms with Gasteiger partial charge in [0.1, 0.15) is 0 Å². The number of hydrogen-bond donors (Lipinski definition) is 2. The van der Waals surface area contributed by atoms with Crippen LogP contribution < -0.4 is 0 Å². The van der Waals surface area contributed by atoms with E-state index in [-0.39, 0.29) is 12.5 Å². The molecule has 1 rings (SSSR count). The molecule has 76 valence electrons. The molecule has 0 amide bonds. The predicted octanol–water partition coefficient (Wildman–Crippen LogP) is 1.90. The summed E-state index contributed by atoms with van der Waals surface area (Å²) in [5, 5.41) is 18.5. The highest BCUT2D eigenvalue weighted by atomic mass is 16.3. The minimum absolute atomic E-state index is 0.0181. The second-order valence-electron chi connectivity index (χ2n) is 3.33. The molecule has 0 radical (unpaired) electrons. The van der Waals surface area contributed by atoms with E-state index in [4.69, 9.17) is 5.11 Å². The Kier molecular flexibility index (Phi) is 4.36. The van der Waals surface area contributed by atoms with E-state index < -0.39 is 6.10 Å². The number of rotatable bonds is 4. The van der Waals surface area contributed by atoms with Gasteiger partial charge in [-0.05, 0) is 5.56 Å². The second kappa shape index (κ2) is 5.58. The lowest BCUT2D eigenvalue weighted by Crippen LogP contribution is -2.06. The number of aliphatic hydroxyl groups is 2. The zero-order valence-electron chi connectivity index (χ0n) is 8.30. The highest BCUT2D eigenvalue weighted by molar-refractivity contribution is 5.18. The van der Waals surface area contributed by atoms with E-state index in [1.807, 2.05) is 43.3 Å². The van der Waals surface area contributed by atoms with E-state index in [2.05, 4.69) is 0 Å². The van der Waals surface area contributed by atoms with Gasteiger partial charge < -0.3 is 10.2 Å². The van der Waals surface area contributed by atoms with Crippen LogP contribution in [0.1, 0.15) is 18.6 Å². The minimum Gasteiger partial charge on any atom is -0.392 e. The first-order valence-corrected chi connectivity index (χ1v) is 4.76. The lowest BCUT2D eigenvalue weighted by Gasteiger charge is -2.15. The fourth-order valence-electron chi connectivity index (χ4n) is 1.33. The summed E-state index contributed by atoms with van der Waals surface area (Å²) in [4.78, 5) is 0. The van der Waals surface area contributed by atoms with Crippen LogP contribution in [0.15, 0.2) is 42.5 Å². The third-order valence-electron chi connectivity index (χ3n) is 2.18. The Labute approximate surface area is 84.5 Å². The fourth-order valence-corrected chi connectivity index (χ4v) is 1.33. The van der Waals surface area contributed by atoms with Gasteiger partial charge in [0.15, 0.2) is 0 Å². The van der Waals surface area contributed by atoms with E-state index in [0.29, 0.717) is 0 Å². The van der Waals surface area contributed by atoms with Gasteiger partial charge >= 0.3 is 0 Å². The first kappa shape index (κ1) is 11.0. The summed E-state index contributed by atoms with van der Waals surface area (Å²) in [5.41, 5.74) is 0.905. The molecule has 0 unspecified atom stereocenters. The Morgan fingerprint density at radius 2 is 1.93 bits per heavy atom. The third kappa shape index (κ3) is 2.98. The van der Waals surface area contributed by atoms with Crippen LogP contribution >= 0.6 is 0 Å². The highest BCUT2D eigenvalue weighted by Crippen LogP contribution is 2.21. The average molecular weight is 192 g/mol. The van der Waals surface area contributed by atoms with Crippen LogP contribution in [-0.4, -0.2) is 16.8 Å². The van der Waals surface area contributed by atoms with Gasteiger partial charge in [-0.3, -0.25) is 0 Å². The number of aliphatic hydroxyl groups excluding tert-OH is 2. The molecule has 0 spiro atoms. The summed E-state index contributed by atoms with van der Waals surface area (Å²) >= 11 is 0. The number of hydrogen-bond acceptors (Lipinski definition) is 2. The van der Waals surface area contributed by atoms with Crippen LogP contribution in [0.4, 0.5) is 0 Å². The molecular formula is C12H16O2. The molecule has 0 saturated heterocycles. The summed E-state index contributed by atoms with van der Waals surface area (Å²) in [6, 6.07) is 9.52. The van der Waals surface area contributed by atoms with Gasteiger partial charge in [0.2, 0.25) is 0 Å². The van der Waals surface area contributed by atoms with Crippen molar-refractivity contribution in [3.63, 3.8) is 0 Å². The summed E-state index contributed by atoms with van der Waals surface area (Å²) in [7, 11) is 0. The van der Waals surface area contributed by atoms with E-state index in [0.717, 1.165) is 5.56 Å². The van der Waals surface area contributed by atoms with Gasteiger partial charge in [-0.25, -0.2) is 0 Å². The van der Waals surface area contributed by atoms with Gasteiger partial charge in [0.25, 0.3) is 0 Å². The normalized spacial score (nSPS) is 15.6. The van der Waals surface area contributed by atoms with Crippen molar-refractivity contribution in [3.05, 3.63) is 48.0 Å². The Balaban J connectivity index is 2.65. The molecule has 0 saturated carbocycles. The van der Waals surface area contributed by atoms with Gasteiger partial charge in [-0.1, -0.05) is 49.4 Å². The Morgan fingerprint density at radius 1 is 1.29 bits per heavy atom. The summed E-state index contributed by atoms with van der Waals surface area (Å²) < 4.78 is 0. The summed E-state index contributed by atoms with van der Waals surface area (Å²) in [5.74, 6) is 0.0181. The van der Waals surface area contributed by atoms with Gasteiger partial charge in [0, 0.05) is 5.92 Å². The molecule has 14 heavy (non-hydrogen) atoms. The van der Waals surface area contributed by atoms with E-state index >= 15 is 0 Å². The molecule has 0 heterocycles. The molecule has 0 aromatic heterocycles. The van der Waals surface area contributed by atoms with Crippen molar-refractivity contribution >= 4 is 0 Å². The van der Waals surface area contributed by atoms with Crippen molar-refractivity contribution in [1.29, 1.82) is 0 Å². The van der Waals surface area contributed by atoms with Gasteiger partial charge in [-0.15, -0.1) is 0 Å².